The summed E-state index contributed by atoms with van der Waals surface area (Å²) in [4.78, 5) is 24.3. The number of halogens is 16. The molecule has 11 N–H and O–H groups in total. The highest BCUT2D eigenvalue weighted by Gasteiger charge is 2.57. The van der Waals surface area contributed by atoms with E-state index in [4.69, 9.17) is 10.2 Å². The second kappa shape index (κ2) is 47.8. The van der Waals surface area contributed by atoms with Crippen LogP contribution in [0.2, 0.25) is 0 Å². The SMILES string of the molecule is CS(=O)(=O)Nc1ccc(F)c(F)c1Cc1ccc(I)cc1F.Cc1c(Cc2ccc(I)cc2F)c(NS(=O)(=O)C2CC2)cn(C)c1=O.Cn1c(Cc2ccc(I)cc2F)c(NS(=O)(=O)C2(CCO)CC2)ccc1=O.O=S(=O)(Nc1c(CO)cc(F)c(F)c1Cc1ccc(I)cc1F)C1(C[C@H](O)CO)CC1.O=S(=O)(Nc1ccc(F)c(F)c1Cc1ccc(I)cc1F)C1(C[C@H](O)CO)CC1.S.S. The third-order valence-corrected chi connectivity index (χ3v) is 35.0. The Morgan fingerprint density at radius 1 is 0.412 bits per heavy atom. The first kappa shape index (κ1) is 115. The second-order valence-electron chi connectivity index (χ2n) is 32.5. The number of aryl methyl sites for hydroxylation is 1. The van der Waals surface area contributed by atoms with Crippen LogP contribution in [0, 0.1) is 88.8 Å². The van der Waals surface area contributed by atoms with Crippen molar-refractivity contribution in [3.63, 3.8) is 0 Å². The summed E-state index contributed by atoms with van der Waals surface area (Å²) in [5.74, 6) is -10.0. The van der Waals surface area contributed by atoms with E-state index in [1.807, 2.05) is 113 Å². The molecule has 4 aliphatic carbocycles. The molecule has 14 rings (SSSR count). The molecule has 0 unspecified atom stereocenters. The van der Waals surface area contributed by atoms with Gasteiger partial charge in [-0.2, -0.15) is 27.0 Å². The Labute approximate surface area is 860 Å². The van der Waals surface area contributed by atoms with Crippen LogP contribution < -0.4 is 34.7 Å². The standard InChI is InChI=1S/C20H21F3INO5S.C19H19F3INO4S.C18H20FIN2O4S.C17H18FIN2O3S.C14H11F3INO2S.2H2S/c21-16-7-13(24)2-1-11(16)5-15-18(23)17(22)6-12(9-26)19(15)25-31(29,30)20(3-4-20)8-14(28)10-27;20-15-3-4-17(24-29(27,28)19(5-6-19)9-13(26)10-25)14(18(15)22)7-11-1-2-12(23)8-16(11)21;1-22-16(10-12-2-3-13(20)11-14(12)19)15(4-5-17(22)24)21-27(25,26)18(6-7-18)8-9-23;1-10-14(7-11-3-4-12(19)8-15(11)18)16(9-21(2)17(10)22)20-25(23,24)13-5-6-13;1-22(20,21)19-13-5-4-11(15)14(17)10(13)6-8-2-3-9(18)7-12(8)16;;/h1-2,6-7,14,25-28H,3-5,8-10H2;1-4,8,13,24-26H,5-7,9-10H2;2-5,11,21,23H,6-10H2,1H3;3-4,8-9,13,20H,5-7H2,1-2H3;2-5,7,19H,6H2,1H3;2*1H2/t14-;13-;;;;;/m00...../s1. The zero-order valence-electron chi connectivity index (χ0n) is 72.2. The van der Waals surface area contributed by atoms with Gasteiger partial charge in [-0.05, 0) is 321 Å². The number of rotatable bonds is 33. The molecule has 742 valence electrons. The van der Waals surface area contributed by atoms with E-state index in [0.29, 0.717) is 76.1 Å². The van der Waals surface area contributed by atoms with Crippen molar-refractivity contribution in [1.82, 2.24) is 9.13 Å². The Bertz CT molecular complexity index is 6860. The number of aromatic nitrogens is 2. The van der Waals surface area contributed by atoms with Crippen LogP contribution in [-0.2, 0) is 103 Å². The summed E-state index contributed by atoms with van der Waals surface area (Å²) in [5, 5.41) is 55.9. The van der Waals surface area contributed by atoms with E-state index in [-0.39, 0.29) is 183 Å². The Morgan fingerprint density at radius 3 is 1.13 bits per heavy atom. The van der Waals surface area contributed by atoms with Gasteiger partial charge in [0.1, 0.15) is 29.1 Å². The fourth-order valence-electron chi connectivity index (χ4n) is 14.4. The molecule has 136 heavy (non-hydrogen) atoms. The first-order valence-electron chi connectivity index (χ1n) is 40.5. The Hall–Kier alpha value is -6.25. The van der Waals surface area contributed by atoms with E-state index >= 15 is 0 Å². The summed E-state index contributed by atoms with van der Waals surface area (Å²) in [5.41, 5.74) is 0.530. The van der Waals surface area contributed by atoms with Crippen molar-refractivity contribution in [2.24, 2.45) is 14.1 Å². The maximum Gasteiger partial charge on any atom is 0.253 e. The van der Waals surface area contributed by atoms with Crippen LogP contribution in [0.25, 0.3) is 0 Å². The average Bonchev–Trinajstić information content (AvgIpc) is 1.59. The maximum atomic E-state index is 14.7. The smallest absolute Gasteiger partial charge is 0.253 e. The van der Waals surface area contributed by atoms with E-state index in [1.165, 1.54) is 83.0 Å². The number of nitrogens with one attached hydrogen (secondary N) is 5. The molecule has 0 aliphatic heterocycles. The molecule has 4 aliphatic rings. The predicted octanol–water partition coefficient (Wildman–Crippen LogP) is 15.3. The summed E-state index contributed by atoms with van der Waals surface area (Å²) in [7, 11) is -16.1. The minimum Gasteiger partial charge on any atom is -0.396 e. The van der Waals surface area contributed by atoms with E-state index < -0.39 is 167 Å². The van der Waals surface area contributed by atoms with Crippen molar-refractivity contribution in [2.45, 2.75) is 148 Å². The number of hydrogen-bond donors (Lipinski definition) is 11. The minimum absolute atomic E-state index is 0. The third kappa shape index (κ3) is 29.1. The molecule has 2 aromatic heterocycles. The highest BCUT2D eigenvalue weighted by atomic mass is 127. The van der Waals surface area contributed by atoms with Gasteiger partial charge in [-0.15, -0.1) is 0 Å². The molecule has 48 heteroatoms. The van der Waals surface area contributed by atoms with Gasteiger partial charge in [-0.3, -0.25) is 33.2 Å². The molecule has 25 nitrogen and oxygen atoms in total. The van der Waals surface area contributed by atoms with Gasteiger partial charge in [-0.25, -0.2) is 90.4 Å². The quantitative estimate of drug-likeness (QED) is 0.0134. The van der Waals surface area contributed by atoms with Crippen LogP contribution >= 0.6 is 140 Å². The molecule has 2 atom stereocenters. The molecule has 2 heterocycles. The molecule has 4 saturated carbocycles. The number of hydrogen-bond acceptors (Lipinski definition) is 18. The first-order chi connectivity index (χ1) is 62.7. The summed E-state index contributed by atoms with van der Waals surface area (Å²) in [6, 6.07) is 29.6. The minimum atomic E-state index is -4.22. The number of aliphatic hydroxyl groups is 6. The molecule has 0 bridgehead atoms. The van der Waals surface area contributed by atoms with Crippen LogP contribution in [0.3, 0.4) is 0 Å². The van der Waals surface area contributed by atoms with Gasteiger partial charge in [0.15, 0.2) is 34.9 Å². The average molecular weight is 2600 g/mol. The van der Waals surface area contributed by atoms with Gasteiger partial charge in [-0.1, -0.05) is 30.3 Å². The van der Waals surface area contributed by atoms with Gasteiger partial charge >= 0.3 is 0 Å². The third-order valence-electron chi connectivity index (χ3n) is 22.6. The fourth-order valence-corrected chi connectivity index (χ4v) is 23.9. The highest BCUT2D eigenvalue weighted by Crippen LogP contribution is 2.51. The van der Waals surface area contributed by atoms with Crippen molar-refractivity contribution >= 4 is 218 Å². The molecule has 8 aromatic carbocycles. The fraction of sp³-hybridized carbons (Fsp3) is 0.341. The number of nitrogens with zero attached hydrogens (tertiary/aromatic N) is 2. The highest BCUT2D eigenvalue weighted by molar-refractivity contribution is 14.1. The van der Waals surface area contributed by atoms with Crippen LogP contribution in [0.5, 0.6) is 0 Å². The van der Waals surface area contributed by atoms with Gasteiger partial charge in [0.25, 0.3) is 11.1 Å². The molecule has 0 saturated heterocycles. The van der Waals surface area contributed by atoms with E-state index in [2.05, 4.69) is 23.6 Å². The van der Waals surface area contributed by atoms with Crippen LogP contribution in [0.1, 0.15) is 138 Å². The van der Waals surface area contributed by atoms with Gasteiger partial charge < -0.3 is 39.8 Å². The number of aliphatic hydroxyl groups excluding tert-OH is 6. The van der Waals surface area contributed by atoms with Gasteiger partial charge in [0, 0.05) is 116 Å². The number of pyridine rings is 2. The van der Waals surface area contributed by atoms with Crippen LogP contribution in [-0.4, -0.2) is 140 Å². The van der Waals surface area contributed by atoms with Crippen molar-refractivity contribution in [3.05, 3.63) is 309 Å². The molecule has 0 amide bonds. The lowest BCUT2D eigenvalue weighted by molar-refractivity contribution is 0.0858. The molecule has 0 spiro atoms. The van der Waals surface area contributed by atoms with Crippen molar-refractivity contribution in [3.8, 4) is 0 Å². The first-order valence-corrected chi connectivity index (χ1v) is 53.8. The molecule has 4 fully saturated rings. The van der Waals surface area contributed by atoms with Crippen LogP contribution in [0.15, 0.2) is 149 Å². The summed E-state index contributed by atoms with van der Waals surface area (Å²) >= 11 is 9.76. The van der Waals surface area contributed by atoms with Gasteiger partial charge in [0.2, 0.25) is 50.1 Å². The monoisotopic (exact) mass is 2600 g/mol. The summed E-state index contributed by atoms with van der Waals surface area (Å²) in [6.45, 7) is -0.572. The predicted molar refractivity (Wildman–Crippen MR) is 548 cm³/mol. The Kier molecular flexibility index (Phi) is 40.4. The molecular formula is C88H93F11I5N7O18S7. The maximum absolute atomic E-state index is 14.7. The normalized spacial score (nSPS) is 14.8. The summed E-state index contributed by atoms with van der Waals surface area (Å²) in [6.07, 6.45) is 1.97. The van der Waals surface area contributed by atoms with Crippen molar-refractivity contribution in [2.75, 3.05) is 49.7 Å². The Balaban J connectivity index is 0.000000209. The van der Waals surface area contributed by atoms with E-state index in [0.717, 1.165) is 37.7 Å². The largest absolute Gasteiger partial charge is 0.396 e. The topological polar surface area (TPSA) is 396 Å². The number of sulfonamides is 5. The van der Waals surface area contributed by atoms with Crippen LogP contribution in [0.4, 0.5) is 76.7 Å². The Morgan fingerprint density at radius 2 is 0.765 bits per heavy atom. The molecule has 0 radical (unpaired) electrons. The lowest BCUT2D eigenvalue weighted by atomic mass is 9.99. The van der Waals surface area contributed by atoms with Gasteiger partial charge in [0.05, 0.1) is 86.2 Å². The lowest BCUT2D eigenvalue weighted by Gasteiger charge is -2.23. The van der Waals surface area contributed by atoms with E-state index in [1.54, 1.807) is 56.4 Å². The zero-order chi connectivity index (χ0) is 99.0. The molecular weight excluding hydrogens is 2510 g/mol. The van der Waals surface area contributed by atoms with Crippen molar-refractivity contribution in [1.29, 1.82) is 0 Å². The van der Waals surface area contributed by atoms with E-state index in [9.17, 15) is 120 Å². The number of anilines is 5. The lowest BCUT2D eigenvalue weighted by Crippen LogP contribution is -2.35. The zero-order valence-corrected chi connectivity index (χ0v) is 89.1. The summed E-state index contributed by atoms with van der Waals surface area (Å²) < 4.78 is 294. The number of benzene rings is 8. The van der Waals surface area contributed by atoms with Crippen molar-refractivity contribution < 1.29 is 121 Å². The molecule has 10 aromatic rings. The second-order valence-corrected chi connectivity index (χ2v) is 48.6.